The lowest BCUT2D eigenvalue weighted by Gasteiger charge is -2.29. The van der Waals surface area contributed by atoms with Crippen LogP contribution in [0.1, 0.15) is 30.7 Å². The van der Waals surface area contributed by atoms with Crippen LogP contribution in [0.4, 0.5) is 5.69 Å². The first-order chi connectivity index (χ1) is 9.63. The van der Waals surface area contributed by atoms with Crippen molar-refractivity contribution in [2.75, 3.05) is 13.7 Å². The Hall–Kier alpha value is -1.95. The molecule has 1 saturated heterocycles. The summed E-state index contributed by atoms with van der Waals surface area (Å²) < 4.78 is 4.88. The number of benzene rings is 1. The third-order valence-corrected chi connectivity index (χ3v) is 3.67. The van der Waals surface area contributed by atoms with Crippen LogP contribution in [-0.2, 0) is 9.53 Å². The second-order valence-corrected chi connectivity index (χ2v) is 4.91. The molecule has 1 N–H and O–H groups in total. The molecule has 0 aromatic heterocycles. The number of ether oxygens (including phenoxy) is 1. The molecule has 2 atom stereocenters. The Morgan fingerprint density at radius 2 is 2.10 bits per heavy atom. The Labute approximate surface area is 117 Å². The summed E-state index contributed by atoms with van der Waals surface area (Å²) in [7, 11) is 1.36. The lowest BCUT2D eigenvalue weighted by Crippen LogP contribution is -2.42. The van der Waals surface area contributed by atoms with Gasteiger partial charge in [-0.25, -0.2) is 0 Å². The quantitative estimate of drug-likeness (QED) is 0.517. The number of nitrogens with one attached hydrogen (secondary N) is 1. The van der Waals surface area contributed by atoms with Crippen molar-refractivity contribution in [1.82, 2.24) is 5.32 Å². The maximum absolute atomic E-state index is 12.0. The van der Waals surface area contributed by atoms with E-state index in [0.29, 0.717) is 0 Å². The van der Waals surface area contributed by atoms with Crippen LogP contribution in [0.25, 0.3) is 0 Å². The van der Waals surface area contributed by atoms with Crippen LogP contribution in [0.3, 0.4) is 0 Å². The van der Waals surface area contributed by atoms with Gasteiger partial charge in [0.2, 0.25) is 0 Å². The zero-order valence-electron chi connectivity index (χ0n) is 11.4. The Morgan fingerprint density at radius 1 is 1.40 bits per heavy atom. The van der Waals surface area contributed by atoms with Crippen LogP contribution in [0.15, 0.2) is 24.3 Å². The summed E-state index contributed by atoms with van der Waals surface area (Å²) in [6.45, 7) is 0.880. The molecule has 1 aromatic carbocycles. The summed E-state index contributed by atoms with van der Waals surface area (Å²) >= 11 is 0. The maximum atomic E-state index is 12.0. The fourth-order valence-electron chi connectivity index (χ4n) is 2.63. The van der Waals surface area contributed by atoms with Crippen LogP contribution in [0.5, 0.6) is 0 Å². The first kappa shape index (κ1) is 14.5. The van der Waals surface area contributed by atoms with E-state index in [0.717, 1.165) is 31.4 Å². The van der Waals surface area contributed by atoms with E-state index in [1.165, 1.54) is 19.2 Å². The van der Waals surface area contributed by atoms with E-state index in [-0.39, 0.29) is 17.7 Å². The van der Waals surface area contributed by atoms with Gasteiger partial charge in [0.1, 0.15) is 0 Å². The average molecular weight is 278 g/mol. The third kappa shape index (κ3) is 3.14. The smallest absolute Gasteiger partial charge is 0.314 e. The van der Waals surface area contributed by atoms with Crippen molar-refractivity contribution < 1.29 is 14.5 Å². The van der Waals surface area contributed by atoms with Crippen LogP contribution in [0.2, 0.25) is 0 Å². The van der Waals surface area contributed by atoms with Gasteiger partial charge in [0.15, 0.2) is 0 Å². The first-order valence-electron chi connectivity index (χ1n) is 6.69. The number of hydrogen-bond donors (Lipinski definition) is 1. The topological polar surface area (TPSA) is 81.5 Å². The zero-order chi connectivity index (χ0) is 14.5. The highest BCUT2D eigenvalue weighted by molar-refractivity contribution is 5.79. The third-order valence-electron chi connectivity index (χ3n) is 3.67. The van der Waals surface area contributed by atoms with Gasteiger partial charge in [0.05, 0.1) is 18.0 Å². The molecular weight excluding hydrogens is 260 g/mol. The Morgan fingerprint density at radius 3 is 2.60 bits per heavy atom. The van der Waals surface area contributed by atoms with Gasteiger partial charge in [-0.15, -0.1) is 0 Å². The fourth-order valence-corrected chi connectivity index (χ4v) is 2.63. The number of nitro benzene ring substituents is 1. The highest BCUT2D eigenvalue weighted by Gasteiger charge is 2.31. The van der Waals surface area contributed by atoms with Gasteiger partial charge >= 0.3 is 5.97 Å². The average Bonchev–Trinajstić information content (AvgIpc) is 2.49. The van der Waals surface area contributed by atoms with Gasteiger partial charge in [0, 0.05) is 18.2 Å². The van der Waals surface area contributed by atoms with Gasteiger partial charge in [-0.05, 0) is 24.9 Å². The number of esters is 1. The standard InChI is InChI=1S/C14H18N2O4/c1-20-14(17)13(12-4-2-3-9-15-12)10-5-7-11(8-6-10)16(18)19/h5-8,12-13,15H,2-4,9H2,1H3. The highest BCUT2D eigenvalue weighted by atomic mass is 16.6. The first-order valence-corrected chi connectivity index (χ1v) is 6.69. The molecule has 1 aromatic rings. The molecule has 6 heteroatoms. The predicted octanol–water partition coefficient (Wildman–Crippen LogP) is 1.99. The van der Waals surface area contributed by atoms with Gasteiger partial charge < -0.3 is 10.1 Å². The molecular formula is C14H18N2O4. The number of carbonyl (C=O) groups excluding carboxylic acids is 1. The number of carbonyl (C=O) groups is 1. The van der Waals surface area contributed by atoms with Gasteiger partial charge in [-0.1, -0.05) is 18.6 Å². The summed E-state index contributed by atoms with van der Waals surface area (Å²) in [6.07, 6.45) is 3.07. The van der Waals surface area contributed by atoms with Gasteiger partial charge in [-0.2, -0.15) is 0 Å². The van der Waals surface area contributed by atoms with Crippen molar-refractivity contribution in [3.63, 3.8) is 0 Å². The normalized spacial score (nSPS) is 20.1. The molecule has 0 bridgehead atoms. The van der Waals surface area contributed by atoms with E-state index < -0.39 is 10.8 Å². The van der Waals surface area contributed by atoms with Crippen molar-refractivity contribution in [2.45, 2.75) is 31.2 Å². The van der Waals surface area contributed by atoms with Crippen LogP contribution in [0, 0.1) is 10.1 Å². The lowest BCUT2D eigenvalue weighted by atomic mass is 9.86. The van der Waals surface area contributed by atoms with E-state index in [9.17, 15) is 14.9 Å². The van der Waals surface area contributed by atoms with Crippen molar-refractivity contribution in [1.29, 1.82) is 0 Å². The number of piperidine rings is 1. The molecule has 0 aliphatic carbocycles. The van der Waals surface area contributed by atoms with Crippen molar-refractivity contribution in [2.24, 2.45) is 0 Å². The summed E-state index contributed by atoms with van der Waals surface area (Å²) in [5.74, 6) is -0.723. The molecule has 1 fully saturated rings. The molecule has 1 heterocycles. The summed E-state index contributed by atoms with van der Waals surface area (Å²) in [5.41, 5.74) is 0.774. The zero-order valence-corrected chi connectivity index (χ0v) is 11.4. The SMILES string of the molecule is COC(=O)C(c1ccc([N+](=O)[O-])cc1)C1CCCCN1. The monoisotopic (exact) mass is 278 g/mol. The number of nitro groups is 1. The lowest BCUT2D eigenvalue weighted by molar-refractivity contribution is -0.384. The Bertz CT molecular complexity index is 480. The number of methoxy groups -OCH3 is 1. The largest absolute Gasteiger partial charge is 0.469 e. The fraction of sp³-hybridized carbons (Fsp3) is 0.500. The molecule has 0 amide bonds. The minimum absolute atomic E-state index is 0.0222. The van der Waals surface area contributed by atoms with Crippen LogP contribution < -0.4 is 5.32 Å². The second-order valence-electron chi connectivity index (χ2n) is 4.91. The molecule has 2 unspecified atom stereocenters. The number of nitrogens with zero attached hydrogens (tertiary/aromatic N) is 1. The van der Waals surface area contributed by atoms with Crippen molar-refractivity contribution >= 4 is 11.7 Å². The molecule has 0 saturated carbocycles. The summed E-state index contributed by atoms with van der Waals surface area (Å²) in [6, 6.07) is 6.14. The predicted molar refractivity (Wildman–Crippen MR) is 73.5 cm³/mol. The molecule has 0 radical (unpaired) electrons. The Kier molecular flexibility index (Phi) is 4.68. The second kappa shape index (κ2) is 6.47. The van der Waals surface area contributed by atoms with Crippen LogP contribution >= 0.6 is 0 Å². The molecule has 2 rings (SSSR count). The molecule has 108 valence electrons. The van der Waals surface area contributed by atoms with E-state index in [1.807, 2.05) is 0 Å². The molecule has 1 aliphatic heterocycles. The summed E-state index contributed by atoms with van der Waals surface area (Å²) in [5, 5.41) is 14.0. The van der Waals surface area contributed by atoms with Crippen molar-refractivity contribution in [3.05, 3.63) is 39.9 Å². The highest BCUT2D eigenvalue weighted by Crippen LogP contribution is 2.28. The van der Waals surface area contributed by atoms with Crippen molar-refractivity contribution in [3.8, 4) is 0 Å². The minimum atomic E-state index is -0.449. The maximum Gasteiger partial charge on any atom is 0.314 e. The van der Waals surface area contributed by atoms with Gasteiger partial charge in [-0.3, -0.25) is 14.9 Å². The molecule has 0 spiro atoms. The van der Waals surface area contributed by atoms with Crippen LogP contribution in [-0.4, -0.2) is 30.6 Å². The van der Waals surface area contributed by atoms with Gasteiger partial charge in [0.25, 0.3) is 5.69 Å². The number of hydrogen-bond acceptors (Lipinski definition) is 5. The number of non-ortho nitro benzene ring substituents is 1. The van der Waals surface area contributed by atoms with E-state index in [2.05, 4.69) is 5.32 Å². The summed E-state index contributed by atoms with van der Waals surface area (Å²) in [4.78, 5) is 22.3. The molecule has 20 heavy (non-hydrogen) atoms. The van der Waals surface area contributed by atoms with E-state index >= 15 is 0 Å². The molecule has 6 nitrogen and oxygen atoms in total. The molecule has 1 aliphatic rings. The number of rotatable bonds is 4. The minimum Gasteiger partial charge on any atom is -0.469 e. The Balaban J connectivity index is 2.25. The van der Waals surface area contributed by atoms with E-state index in [4.69, 9.17) is 4.74 Å². The van der Waals surface area contributed by atoms with E-state index in [1.54, 1.807) is 12.1 Å².